The van der Waals surface area contributed by atoms with E-state index in [9.17, 15) is 4.79 Å². The molecule has 0 N–H and O–H groups in total. The third-order valence-electron chi connectivity index (χ3n) is 4.79. The van der Waals surface area contributed by atoms with Gasteiger partial charge >= 0.3 is 0 Å². The standard InChI is InChI=1S/C16H24N2OS/c1-2-17-9-3-7-14(17)15-8-4-10-18(15)16(19)12-13-6-5-11-20-13/h5-6,11,14-15H,2-4,7-10,12H2,1H3/t14-,15+/m1/s1. The lowest BCUT2D eigenvalue weighted by atomic mass is 10.0. The highest BCUT2D eigenvalue weighted by Crippen LogP contribution is 2.30. The predicted molar refractivity (Wildman–Crippen MR) is 83.0 cm³/mol. The molecule has 110 valence electrons. The Morgan fingerprint density at radius 2 is 2.10 bits per heavy atom. The van der Waals surface area contributed by atoms with Gasteiger partial charge < -0.3 is 4.90 Å². The molecule has 2 atom stereocenters. The van der Waals surface area contributed by atoms with Gasteiger partial charge in [0.05, 0.1) is 6.42 Å². The van der Waals surface area contributed by atoms with Crippen molar-refractivity contribution in [3.63, 3.8) is 0 Å². The first-order chi connectivity index (χ1) is 9.79. The van der Waals surface area contributed by atoms with E-state index in [4.69, 9.17) is 0 Å². The molecule has 0 unspecified atom stereocenters. The van der Waals surface area contributed by atoms with Crippen LogP contribution in [0.25, 0.3) is 0 Å². The summed E-state index contributed by atoms with van der Waals surface area (Å²) < 4.78 is 0. The average Bonchev–Trinajstić information content (AvgIpc) is 3.18. The summed E-state index contributed by atoms with van der Waals surface area (Å²) in [6, 6.07) is 5.17. The summed E-state index contributed by atoms with van der Waals surface area (Å²) in [4.78, 5) is 18.5. The fourth-order valence-electron chi connectivity index (χ4n) is 3.85. The topological polar surface area (TPSA) is 23.6 Å². The van der Waals surface area contributed by atoms with Crippen molar-refractivity contribution in [2.45, 2.75) is 51.1 Å². The van der Waals surface area contributed by atoms with Crippen molar-refractivity contribution in [3.05, 3.63) is 22.4 Å². The maximum Gasteiger partial charge on any atom is 0.228 e. The molecule has 4 heteroatoms. The Hall–Kier alpha value is -0.870. The first-order valence-corrected chi connectivity index (χ1v) is 8.73. The van der Waals surface area contributed by atoms with E-state index in [1.165, 1.54) is 37.1 Å². The number of rotatable bonds is 4. The molecule has 1 aromatic rings. The number of carbonyl (C=O) groups excluding carboxylic acids is 1. The summed E-state index contributed by atoms with van der Waals surface area (Å²) in [5.74, 6) is 0.331. The monoisotopic (exact) mass is 292 g/mol. The van der Waals surface area contributed by atoms with Crippen molar-refractivity contribution in [1.82, 2.24) is 9.80 Å². The van der Waals surface area contributed by atoms with E-state index >= 15 is 0 Å². The van der Waals surface area contributed by atoms with Crippen LogP contribution in [0.3, 0.4) is 0 Å². The lowest BCUT2D eigenvalue weighted by Gasteiger charge is -2.34. The third-order valence-corrected chi connectivity index (χ3v) is 5.67. The van der Waals surface area contributed by atoms with Gasteiger partial charge in [-0.25, -0.2) is 0 Å². The number of likely N-dealkylation sites (tertiary alicyclic amines) is 2. The molecular formula is C16H24N2OS. The van der Waals surface area contributed by atoms with Gasteiger partial charge in [-0.05, 0) is 50.2 Å². The molecular weight excluding hydrogens is 268 g/mol. The van der Waals surface area contributed by atoms with Crippen molar-refractivity contribution in [1.29, 1.82) is 0 Å². The summed E-state index contributed by atoms with van der Waals surface area (Å²) in [7, 11) is 0. The van der Waals surface area contributed by atoms with Gasteiger partial charge in [-0.3, -0.25) is 9.69 Å². The van der Waals surface area contributed by atoms with Crippen LogP contribution in [0.1, 0.15) is 37.5 Å². The molecule has 1 aromatic heterocycles. The van der Waals surface area contributed by atoms with Crippen molar-refractivity contribution in [2.24, 2.45) is 0 Å². The Morgan fingerprint density at radius 1 is 1.30 bits per heavy atom. The number of thiophene rings is 1. The van der Waals surface area contributed by atoms with Gasteiger partial charge in [-0.15, -0.1) is 11.3 Å². The van der Waals surface area contributed by atoms with Crippen LogP contribution in [0.4, 0.5) is 0 Å². The molecule has 1 amide bonds. The fraction of sp³-hybridized carbons (Fsp3) is 0.688. The van der Waals surface area contributed by atoms with E-state index in [0.717, 1.165) is 13.1 Å². The maximum absolute atomic E-state index is 12.6. The van der Waals surface area contributed by atoms with E-state index in [1.54, 1.807) is 11.3 Å². The van der Waals surface area contributed by atoms with E-state index in [2.05, 4.69) is 28.2 Å². The number of amides is 1. The largest absolute Gasteiger partial charge is 0.338 e. The zero-order valence-corrected chi connectivity index (χ0v) is 13.1. The molecule has 3 nitrogen and oxygen atoms in total. The number of nitrogens with zero attached hydrogens (tertiary/aromatic N) is 2. The van der Waals surface area contributed by atoms with Crippen LogP contribution in [0.2, 0.25) is 0 Å². The Balaban J connectivity index is 1.67. The highest BCUT2D eigenvalue weighted by molar-refractivity contribution is 7.10. The number of likely N-dealkylation sites (N-methyl/N-ethyl adjacent to an activating group) is 1. The van der Waals surface area contributed by atoms with Crippen molar-refractivity contribution < 1.29 is 4.79 Å². The van der Waals surface area contributed by atoms with Crippen molar-refractivity contribution in [3.8, 4) is 0 Å². The van der Waals surface area contributed by atoms with Crippen molar-refractivity contribution in [2.75, 3.05) is 19.6 Å². The van der Waals surface area contributed by atoms with E-state index in [0.29, 0.717) is 24.4 Å². The van der Waals surface area contributed by atoms with Crippen LogP contribution in [-0.2, 0) is 11.2 Å². The van der Waals surface area contributed by atoms with Gasteiger partial charge in [0.25, 0.3) is 0 Å². The van der Waals surface area contributed by atoms with Crippen molar-refractivity contribution >= 4 is 17.2 Å². The molecule has 2 fully saturated rings. The van der Waals surface area contributed by atoms with Crippen LogP contribution in [0.15, 0.2) is 17.5 Å². The van der Waals surface area contributed by atoms with Crippen LogP contribution in [0.5, 0.6) is 0 Å². The predicted octanol–water partition coefficient (Wildman–Crippen LogP) is 2.77. The summed E-state index contributed by atoms with van der Waals surface area (Å²) in [5.41, 5.74) is 0. The molecule has 2 saturated heterocycles. The molecule has 0 saturated carbocycles. The van der Waals surface area contributed by atoms with Crippen LogP contribution < -0.4 is 0 Å². The Morgan fingerprint density at radius 3 is 2.85 bits per heavy atom. The second kappa shape index (κ2) is 6.27. The number of hydrogen-bond acceptors (Lipinski definition) is 3. The first kappa shape index (κ1) is 14.1. The Bertz CT molecular complexity index is 445. The van der Waals surface area contributed by atoms with Gasteiger partial charge in [0, 0.05) is 23.5 Å². The smallest absolute Gasteiger partial charge is 0.228 e. The zero-order valence-electron chi connectivity index (χ0n) is 12.3. The molecule has 0 aromatic carbocycles. The molecule has 0 aliphatic carbocycles. The minimum atomic E-state index is 0.331. The van der Waals surface area contributed by atoms with Crippen LogP contribution in [-0.4, -0.2) is 47.4 Å². The van der Waals surface area contributed by atoms with Gasteiger partial charge in [0.1, 0.15) is 0 Å². The first-order valence-electron chi connectivity index (χ1n) is 7.85. The molecule has 0 radical (unpaired) electrons. The average molecular weight is 292 g/mol. The summed E-state index contributed by atoms with van der Waals surface area (Å²) in [5, 5.41) is 2.06. The van der Waals surface area contributed by atoms with Gasteiger partial charge in [0.15, 0.2) is 0 Å². The maximum atomic E-state index is 12.6. The SMILES string of the molecule is CCN1CCC[C@@H]1[C@@H]1CCCN1C(=O)Cc1cccs1. The Labute approximate surface area is 125 Å². The second-order valence-corrected chi connectivity index (χ2v) is 6.92. The van der Waals surface area contributed by atoms with E-state index in [-0.39, 0.29) is 0 Å². The molecule has 3 rings (SSSR count). The molecule has 3 heterocycles. The Kier molecular flexibility index (Phi) is 4.41. The number of hydrogen-bond donors (Lipinski definition) is 0. The fourth-order valence-corrected chi connectivity index (χ4v) is 4.54. The minimum Gasteiger partial charge on any atom is -0.338 e. The summed E-state index contributed by atoms with van der Waals surface area (Å²) in [6.07, 6.45) is 5.52. The molecule has 2 aliphatic rings. The lowest BCUT2D eigenvalue weighted by molar-refractivity contribution is -0.132. The third kappa shape index (κ3) is 2.77. The normalized spacial score (nSPS) is 27.4. The van der Waals surface area contributed by atoms with Gasteiger partial charge in [0.2, 0.25) is 5.91 Å². The minimum absolute atomic E-state index is 0.331. The highest BCUT2D eigenvalue weighted by Gasteiger charge is 2.38. The molecule has 20 heavy (non-hydrogen) atoms. The second-order valence-electron chi connectivity index (χ2n) is 5.89. The van der Waals surface area contributed by atoms with E-state index in [1.807, 2.05) is 6.07 Å². The van der Waals surface area contributed by atoms with E-state index < -0.39 is 0 Å². The molecule has 0 spiro atoms. The van der Waals surface area contributed by atoms with Crippen LogP contribution in [0, 0.1) is 0 Å². The molecule has 2 aliphatic heterocycles. The van der Waals surface area contributed by atoms with Gasteiger partial charge in [-0.2, -0.15) is 0 Å². The highest BCUT2D eigenvalue weighted by atomic mass is 32.1. The number of carbonyl (C=O) groups is 1. The summed E-state index contributed by atoms with van der Waals surface area (Å²) >= 11 is 1.69. The quantitative estimate of drug-likeness (QED) is 0.852. The molecule has 0 bridgehead atoms. The van der Waals surface area contributed by atoms with Crippen LogP contribution >= 0.6 is 11.3 Å². The van der Waals surface area contributed by atoms with Gasteiger partial charge in [-0.1, -0.05) is 13.0 Å². The zero-order chi connectivity index (χ0) is 13.9. The summed E-state index contributed by atoms with van der Waals surface area (Å²) in [6.45, 7) is 5.53. The lowest BCUT2D eigenvalue weighted by Crippen LogP contribution is -2.48.